The van der Waals surface area contributed by atoms with Gasteiger partial charge in [0.25, 0.3) is 5.91 Å². The minimum atomic E-state index is -0.238. The van der Waals surface area contributed by atoms with Crippen molar-refractivity contribution in [2.45, 2.75) is 20.4 Å². The zero-order chi connectivity index (χ0) is 22.9. The number of carbonyl (C=O) groups is 2. The number of para-hydroxylation sites is 2. The summed E-state index contributed by atoms with van der Waals surface area (Å²) < 4.78 is 6.57. The smallest absolute Gasteiger partial charge is 0.265 e. The summed E-state index contributed by atoms with van der Waals surface area (Å²) in [5, 5.41) is 0.626. The van der Waals surface area contributed by atoms with Gasteiger partial charge in [0, 0.05) is 0 Å². The second-order valence-corrected chi connectivity index (χ2v) is 9.14. The van der Waals surface area contributed by atoms with Gasteiger partial charge in [-0.25, -0.2) is 4.98 Å². The summed E-state index contributed by atoms with van der Waals surface area (Å²) in [6, 6.07) is 21.3. The predicted molar refractivity (Wildman–Crippen MR) is 131 cm³/mol. The number of aromatic nitrogens is 1. The Morgan fingerprint density at radius 3 is 2.67 bits per heavy atom. The van der Waals surface area contributed by atoms with Crippen molar-refractivity contribution in [3.63, 3.8) is 0 Å². The molecule has 0 N–H and O–H groups in total. The summed E-state index contributed by atoms with van der Waals surface area (Å²) in [4.78, 5) is 34.3. The minimum absolute atomic E-state index is 0.0808. The molecule has 0 atom stereocenters. The van der Waals surface area contributed by atoms with Gasteiger partial charge in [-0.1, -0.05) is 59.9 Å². The highest BCUT2D eigenvalue weighted by Crippen LogP contribution is 2.34. The van der Waals surface area contributed by atoms with E-state index in [2.05, 4.69) is 19.1 Å². The molecule has 1 aliphatic heterocycles. The number of fused-ring (bicyclic) bond motifs is 2. The van der Waals surface area contributed by atoms with Crippen LogP contribution in [0.1, 0.15) is 16.7 Å². The molecule has 33 heavy (non-hydrogen) atoms. The summed E-state index contributed by atoms with van der Waals surface area (Å²) in [7, 11) is 0. The second-order valence-electron chi connectivity index (χ2n) is 8.13. The zero-order valence-corrected chi connectivity index (χ0v) is 19.3. The van der Waals surface area contributed by atoms with Crippen molar-refractivity contribution in [3.05, 3.63) is 83.4 Å². The van der Waals surface area contributed by atoms with Crippen molar-refractivity contribution in [2.75, 3.05) is 23.0 Å². The molecule has 2 amide bonds. The lowest BCUT2D eigenvalue weighted by Crippen LogP contribution is -2.46. The van der Waals surface area contributed by atoms with Gasteiger partial charge in [-0.2, -0.15) is 0 Å². The van der Waals surface area contributed by atoms with E-state index in [9.17, 15) is 9.59 Å². The molecule has 0 unspecified atom stereocenters. The maximum Gasteiger partial charge on any atom is 0.265 e. The molecule has 1 aliphatic rings. The molecule has 0 aliphatic carbocycles. The van der Waals surface area contributed by atoms with E-state index < -0.39 is 0 Å². The third kappa shape index (κ3) is 4.19. The highest BCUT2D eigenvalue weighted by molar-refractivity contribution is 7.22. The molecule has 0 saturated heterocycles. The minimum Gasteiger partial charge on any atom is -0.482 e. The van der Waals surface area contributed by atoms with Gasteiger partial charge in [0.1, 0.15) is 12.3 Å². The van der Waals surface area contributed by atoms with Gasteiger partial charge >= 0.3 is 0 Å². The Hall–Kier alpha value is -3.71. The van der Waals surface area contributed by atoms with Crippen LogP contribution in [0, 0.1) is 13.8 Å². The van der Waals surface area contributed by atoms with Crippen LogP contribution >= 0.6 is 11.3 Å². The quantitative estimate of drug-likeness (QED) is 0.429. The number of hydrogen-bond donors (Lipinski definition) is 0. The standard InChI is InChI=1S/C26H23N3O3S/c1-17-12-18(2)25-22(13-17)33-26(27-25)29(14-19-8-4-3-5-9-19)23(30)15-28-20-10-6-7-11-21(20)32-16-24(28)31/h3-13H,14-16H2,1-2H3. The Balaban J connectivity index is 1.52. The molecule has 4 aromatic rings. The number of aryl methyl sites for hydroxylation is 2. The lowest BCUT2D eigenvalue weighted by Gasteiger charge is -2.30. The van der Waals surface area contributed by atoms with Crippen LogP contribution in [-0.2, 0) is 16.1 Å². The van der Waals surface area contributed by atoms with E-state index in [1.807, 2.05) is 49.4 Å². The van der Waals surface area contributed by atoms with Crippen LogP contribution in [0.4, 0.5) is 10.8 Å². The fraction of sp³-hybridized carbons (Fsp3) is 0.192. The number of anilines is 2. The van der Waals surface area contributed by atoms with Gasteiger partial charge in [0.05, 0.1) is 22.4 Å². The Kier molecular flexibility index (Phi) is 5.56. The fourth-order valence-electron chi connectivity index (χ4n) is 4.05. The van der Waals surface area contributed by atoms with Crippen molar-refractivity contribution >= 4 is 44.2 Å². The Morgan fingerprint density at radius 2 is 1.85 bits per heavy atom. The number of ether oxygens (including phenoxy) is 1. The first kappa shape index (κ1) is 21.2. The van der Waals surface area contributed by atoms with Crippen LogP contribution in [0.3, 0.4) is 0 Å². The zero-order valence-electron chi connectivity index (χ0n) is 18.4. The highest BCUT2D eigenvalue weighted by Gasteiger charge is 2.30. The molecule has 7 heteroatoms. The van der Waals surface area contributed by atoms with Crippen LogP contribution in [-0.4, -0.2) is 29.9 Å². The van der Waals surface area contributed by atoms with Crippen LogP contribution in [0.2, 0.25) is 0 Å². The lowest BCUT2D eigenvalue weighted by atomic mass is 10.1. The number of nitrogens with zero attached hydrogens (tertiary/aromatic N) is 3. The Morgan fingerprint density at radius 1 is 1.09 bits per heavy atom. The van der Waals surface area contributed by atoms with E-state index >= 15 is 0 Å². The van der Waals surface area contributed by atoms with Crippen molar-refractivity contribution in [3.8, 4) is 5.75 Å². The van der Waals surface area contributed by atoms with Gasteiger partial charge in [0.15, 0.2) is 11.7 Å². The topological polar surface area (TPSA) is 62.7 Å². The molecule has 1 aromatic heterocycles. The van der Waals surface area contributed by atoms with Gasteiger partial charge in [0.2, 0.25) is 5.91 Å². The Bertz CT molecular complexity index is 1350. The maximum atomic E-state index is 13.7. The number of amides is 2. The molecule has 0 radical (unpaired) electrons. The molecule has 0 saturated carbocycles. The predicted octanol–water partition coefficient (Wildman–Crippen LogP) is 4.87. The van der Waals surface area contributed by atoms with E-state index in [0.717, 1.165) is 26.9 Å². The van der Waals surface area contributed by atoms with Gasteiger partial charge in [-0.15, -0.1) is 0 Å². The number of benzene rings is 3. The van der Waals surface area contributed by atoms with E-state index in [1.165, 1.54) is 16.2 Å². The summed E-state index contributed by atoms with van der Waals surface area (Å²) in [5.41, 5.74) is 4.74. The molecule has 2 heterocycles. The first-order valence-electron chi connectivity index (χ1n) is 10.7. The van der Waals surface area contributed by atoms with Gasteiger partial charge in [-0.3, -0.25) is 19.4 Å². The molecule has 3 aromatic carbocycles. The average molecular weight is 458 g/mol. The molecular weight excluding hydrogens is 434 g/mol. The first-order valence-corrected chi connectivity index (χ1v) is 11.6. The SMILES string of the molecule is Cc1cc(C)c2nc(N(Cc3ccccc3)C(=O)CN3C(=O)COc4ccccc43)sc2c1. The molecule has 166 valence electrons. The summed E-state index contributed by atoms with van der Waals surface area (Å²) in [5.74, 6) is 0.167. The van der Waals surface area contributed by atoms with E-state index in [1.54, 1.807) is 17.0 Å². The monoisotopic (exact) mass is 457 g/mol. The van der Waals surface area contributed by atoms with E-state index in [4.69, 9.17) is 9.72 Å². The van der Waals surface area contributed by atoms with Crippen molar-refractivity contribution in [1.29, 1.82) is 0 Å². The van der Waals surface area contributed by atoms with E-state index in [-0.39, 0.29) is 25.0 Å². The summed E-state index contributed by atoms with van der Waals surface area (Å²) >= 11 is 1.50. The Labute approximate surface area is 196 Å². The lowest BCUT2D eigenvalue weighted by molar-refractivity contribution is -0.124. The van der Waals surface area contributed by atoms with Crippen LogP contribution < -0.4 is 14.5 Å². The molecular formula is C26H23N3O3S. The van der Waals surface area contributed by atoms with E-state index in [0.29, 0.717) is 23.1 Å². The highest BCUT2D eigenvalue weighted by atomic mass is 32.1. The molecule has 0 spiro atoms. The number of hydrogen-bond acceptors (Lipinski definition) is 5. The maximum absolute atomic E-state index is 13.7. The van der Waals surface area contributed by atoms with Crippen LogP contribution in [0.25, 0.3) is 10.2 Å². The third-order valence-corrected chi connectivity index (χ3v) is 6.66. The molecule has 6 nitrogen and oxygen atoms in total. The van der Waals surface area contributed by atoms with Crippen molar-refractivity contribution in [1.82, 2.24) is 4.98 Å². The number of thiazole rings is 1. The molecule has 0 fully saturated rings. The second kappa shape index (κ2) is 8.67. The van der Waals surface area contributed by atoms with Gasteiger partial charge in [-0.05, 0) is 48.7 Å². The number of carbonyl (C=O) groups excluding carboxylic acids is 2. The first-order chi connectivity index (χ1) is 16.0. The van der Waals surface area contributed by atoms with Crippen molar-refractivity contribution in [2.24, 2.45) is 0 Å². The normalized spacial score (nSPS) is 13.0. The van der Waals surface area contributed by atoms with Crippen LogP contribution in [0.5, 0.6) is 5.75 Å². The van der Waals surface area contributed by atoms with Crippen LogP contribution in [0.15, 0.2) is 66.7 Å². The van der Waals surface area contributed by atoms with Crippen molar-refractivity contribution < 1.29 is 14.3 Å². The fourth-order valence-corrected chi connectivity index (χ4v) is 5.21. The summed E-state index contributed by atoms with van der Waals surface area (Å²) in [6.07, 6.45) is 0. The largest absolute Gasteiger partial charge is 0.482 e. The van der Waals surface area contributed by atoms with Gasteiger partial charge < -0.3 is 4.74 Å². The summed E-state index contributed by atoms with van der Waals surface area (Å²) in [6.45, 7) is 4.30. The third-order valence-electron chi connectivity index (χ3n) is 5.64. The number of rotatable bonds is 5. The molecule has 5 rings (SSSR count). The average Bonchev–Trinajstić information content (AvgIpc) is 3.24. The molecule has 0 bridgehead atoms.